The molecule has 10 nitrogen and oxygen atoms in total. The normalized spacial score (nSPS) is 25.1. The third-order valence-electron chi connectivity index (χ3n) is 11.0. The molecule has 3 aromatic rings. The number of aryl methyl sites for hydroxylation is 2. The van der Waals surface area contributed by atoms with Crippen LogP contribution in [-0.2, 0) is 35.1 Å². The number of nitrogens with one attached hydrogen (secondary N) is 1. The van der Waals surface area contributed by atoms with Gasteiger partial charge in [-0.1, -0.05) is 107 Å². The zero-order valence-corrected chi connectivity index (χ0v) is 32.3. The molecule has 6 rings (SSSR count). The predicted molar refractivity (Wildman–Crippen MR) is 210 cm³/mol. The maximum Gasteiger partial charge on any atom is 0.306 e. The quantitative estimate of drug-likeness (QED) is 0.111. The minimum atomic E-state index is -1.38. The van der Waals surface area contributed by atoms with Crippen LogP contribution in [0.2, 0.25) is 0 Å². The number of aliphatic hydroxyl groups is 1. The molecule has 0 saturated carbocycles. The Bertz CT molecular complexity index is 1850. The van der Waals surface area contributed by atoms with E-state index < -0.39 is 66.1 Å². The highest BCUT2D eigenvalue weighted by Gasteiger charge is 2.77. The molecule has 3 saturated heterocycles. The van der Waals surface area contributed by atoms with Crippen LogP contribution in [0.4, 0.5) is 5.69 Å². The molecule has 2 N–H and O–H groups in total. The molecule has 3 aromatic carbocycles. The van der Waals surface area contributed by atoms with Gasteiger partial charge in [0.15, 0.2) is 0 Å². The predicted octanol–water partition coefficient (Wildman–Crippen LogP) is 5.54. The fraction of sp³-hybridized carbons (Fsp3) is 0.395. The summed E-state index contributed by atoms with van der Waals surface area (Å²) in [5.74, 6) is -3.66. The molecular formula is C43H48BrN3O7. The number of halogens is 1. The van der Waals surface area contributed by atoms with E-state index in [0.29, 0.717) is 18.5 Å². The summed E-state index contributed by atoms with van der Waals surface area (Å²) in [6.45, 7) is 11.1. The Labute approximate surface area is 325 Å². The Balaban J connectivity index is 1.40. The first-order valence-electron chi connectivity index (χ1n) is 18.4. The Morgan fingerprint density at radius 3 is 2.33 bits per heavy atom. The van der Waals surface area contributed by atoms with E-state index in [2.05, 4.69) is 34.4 Å². The van der Waals surface area contributed by atoms with Gasteiger partial charge in [-0.2, -0.15) is 0 Å². The van der Waals surface area contributed by atoms with Gasteiger partial charge in [0.05, 0.1) is 36.6 Å². The number of ether oxygens (including phenoxy) is 2. The number of likely N-dealkylation sites (tertiary alicyclic amines) is 1. The molecule has 0 aliphatic carbocycles. The number of hydrogen-bond acceptors (Lipinski definition) is 7. The number of carbonyl (C=O) groups excluding carboxylic acids is 4. The number of esters is 1. The van der Waals surface area contributed by atoms with E-state index in [1.165, 1.54) is 4.90 Å². The molecule has 0 radical (unpaired) electrons. The summed E-state index contributed by atoms with van der Waals surface area (Å²) in [7, 11) is 0. The van der Waals surface area contributed by atoms with Gasteiger partial charge in [-0.05, 0) is 55.4 Å². The largest absolute Gasteiger partial charge is 0.463 e. The molecule has 3 aliphatic heterocycles. The van der Waals surface area contributed by atoms with Crippen molar-refractivity contribution in [2.24, 2.45) is 11.8 Å². The SMILES string of the molecule is C=CCCC(=O)OC[C@@H](NC(=O)[C@H]1[C@@H]2O[C@@]3(CC2Br)[C@@H]1C(=O)N([C@@H](CO)Cc1ccccc1)[C@@H]3C(=O)N(CC=C)c1c(C)cccc1C)c1ccccc1. The first kappa shape index (κ1) is 39.1. The van der Waals surface area contributed by atoms with Crippen molar-refractivity contribution in [1.82, 2.24) is 10.2 Å². The van der Waals surface area contributed by atoms with Gasteiger partial charge >= 0.3 is 5.97 Å². The number of fused-ring (bicyclic) bond motifs is 1. The highest BCUT2D eigenvalue weighted by molar-refractivity contribution is 9.09. The average Bonchev–Trinajstić information content (AvgIpc) is 3.77. The smallest absolute Gasteiger partial charge is 0.306 e. The second kappa shape index (κ2) is 16.8. The van der Waals surface area contributed by atoms with Crippen LogP contribution in [0.15, 0.2) is 104 Å². The van der Waals surface area contributed by atoms with Crippen molar-refractivity contribution in [2.75, 3.05) is 24.7 Å². The third-order valence-corrected chi connectivity index (χ3v) is 11.8. The molecule has 2 bridgehead atoms. The van der Waals surface area contributed by atoms with Crippen molar-refractivity contribution >= 4 is 45.3 Å². The highest BCUT2D eigenvalue weighted by Crippen LogP contribution is 2.61. The standard InChI is InChI=1S/C43H48BrN3O7/c1-5-7-21-34(49)53-26-33(30-19-12-9-13-20-30)45-40(50)35-36-41(51)47(31(25-48)23-29-17-10-8-11-18-29)39(43(36)24-32(44)38(35)54-43)42(52)46(22-6-2)37-27(3)15-14-16-28(37)4/h5-6,8-20,31-33,35-36,38-39,48H,1-2,7,21-26H2,3-4H3,(H,45,50)/t31-,32?,33-,35-,36+,38-,39-,43+/m1/s1. The monoisotopic (exact) mass is 797 g/mol. The molecule has 0 aromatic heterocycles. The summed E-state index contributed by atoms with van der Waals surface area (Å²) in [4.78, 5) is 60.3. The minimum absolute atomic E-state index is 0.116. The third kappa shape index (κ3) is 7.41. The van der Waals surface area contributed by atoms with Crippen LogP contribution in [-0.4, -0.2) is 82.1 Å². The van der Waals surface area contributed by atoms with Gasteiger partial charge in [-0.25, -0.2) is 0 Å². The highest BCUT2D eigenvalue weighted by atomic mass is 79.9. The molecular weight excluding hydrogens is 750 g/mol. The van der Waals surface area contributed by atoms with E-state index in [1.54, 1.807) is 17.1 Å². The fourth-order valence-corrected chi connectivity index (χ4v) is 9.56. The summed E-state index contributed by atoms with van der Waals surface area (Å²) >= 11 is 3.78. The van der Waals surface area contributed by atoms with Gasteiger partial charge < -0.3 is 29.7 Å². The number of alkyl halides is 1. The summed E-state index contributed by atoms with van der Waals surface area (Å²) in [6.07, 6.45) is 3.77. The van der Waals surface area contributed by atoms with Crippen molar-refractivity contribution < 1.29 is 33.8 Å². The van der Waals surface area contributed by atoms with Crippen molar-refractivity contribution in [1.29, 1.82) is 0 Å². The van der Waals surface area contributed by atoms with Gasteiger partial charge in [-0.3, -0.25) is 19.2 Å². The lowest BCUT2D eigenvalue weighted by Crippen LogP contribution is -2.59. The first-order valence-corrected chi connectivity index (χ1v) is 19.4. The van der Waals surface area contributed by atoms with E-state index in [0.717, 1.165) is 22.3 Å². The van der Waals surface area contributed by atoms with Crippen molar-refractivity contribution in [3.8, 4) is 0 Å². The molecule has 3 heterocycles. The number of rotatable bonds is 16. The molecule has 11 heteroatoms. The molecule has 8 atom stereocenters. The van der Waals surface area contributed by atoms with Gasteiger partial charge in [0.1, 0.15) is 18.2 Å². The van der Waals surface area contributed by atoms with Gasteiger partial charge in [0.2, 0.25) is 11.8 Å². The number of carbonyl (C=O) groups is 4. The molecule has 3 aliphatic rings. The average molecular weight is 799 g/mol. The van der Waals surface area contributed by atoms with Crippen LogP contribution in [0.3, 0.4) is 0 Å². The second-order valence-corrected chi connectivity index (χ2v) is 15.6. The summed E-state index contributed by atoms with van der Waals surface area (Å²) in [5.41, 5.74) is 2.69. The minimum Gasteiger partial charge on any atom is -0.463 e. The molecule has 1 unspecified atom stereocenters. The Kier molecular flexibility index (Phi) is 12.2. The van der Waals surface area contributed by atoms with E-state index in [-0.39, 0.29) is 36.7 Å². The lowest BCUT2D eigenvalue weighted by molar-refractivity contribution is -0.146. The number of benzene rings is 3. The Morgan fingerprint density at radius 1 is 1.04 bits per heavy atom. The van der Waals surface area contributed by atoms with E-state index in [1.807, 2.05) is 92.7 Å². The van der Waals surface area contributed by atoms with E-state index in [4.69, 9.17) is 9.47 Å². The molecule has 54 heavy (non-hydrogen) atoms. The van der Waals surface area contributed by atoms with E-state index >= 15 is 9.59 Å². The van der Waals surface area contributed by atoms with Crippen LogP contribution in [0, 0.1) is 25.7 Å². The van der Waals surface area contributed by atoms with Crippen molar-refractivity contribution in [2.45, 2.75) is 74.2 Å². The number of nitrogens with zero attached hydrogens (tertiary/aromatic N) is 2. The Morgan fingerprint density at radius 2 is 1.70 bits per heavy atom. The van der Waals surface area contributed by atoms with Gasteiger partial charge in [-0.15, -0.1) is 13.2 Å². The lowest BCUT2D eigenvalue weighted by atomic mass is 9.70. The maximum atomic E-state index is 15.3. The molecule has 3 amide bonds. The van der Waals surface area contributed by atoms with Crippen LogP contribution in [0.25, 0.3) is 0 Å². The van der Waals surface area contributed by atoms with Crippen LogP contribution in [0.5, 0.6) is 0 Å². The molecule has 1 spiro atoms. The fourth-order valence-electron chi connectivity index (χ4n) is 8.62. The number of anilines is 1. The summed E-state index contributed by atoms with van der Waals surface area (Å²) < 4.78 is 12.4. The Hall–Kier alpha value is -4.58. The number of aliphatic hydroxyl groups excluding tert-OH is 1. The van der Waals surface area contributed by atoms with Crippen LogP contribution < -0.4 is 10.2 Å². The van der Waals surface area contributed by atoms with Crippen LogP contribution >= 0.6 is 15.9 Å². The number of allylic oxidation sites excluding steroid dienone is 1. The zero-order chi connectivity index (χ0) is 38.6. The molecule has 284 valence electrons. The summed E-state index contributed by atoms with van der Waals surface area (Å²) in [5, 5.41) is 14.0. The van der Waals surface area contributed by atoms with Crippen LogP contribution in [0.1, 0.15) is 47.6 Å². The zero-order valence-electron chi connectivity index (χ0n) is 30.7. The van der Waals surface area contributed by atoms with E-state index in [9.17, 15) is 14.7 Å². The lowest BCUT2D eigenvalue weighted by Gasteiger charge is -2.40. The first-order chi connectivity index (χ1) is 26.1. The van der Waals surface area contributed by atoms with Gasteiger partial charge in [0, 0.05) is 23.5 Å². The summed E-state index contributed by atoms with van der Waals surface area (Å²) in [6, 6.07) is 21.8. The van der Waals surface area contributed by atoms with Crippen molar-refractivity contribution in [3.63, 3.8) is 0 Å². The maximum absolute atomic E-state index is 15.3. The van der Waals surface area contributed by atoms with Crippen molar-refractivity contribution in [3.05, 3.63) is 126 Å². The van der Waals surface area contributed by atoms with Gasteiger partial charge in [0.25, 0.3) is 5.91 Å². The number of hydrogen-bond donors (Lipinski definition) is 2. The number of amides is 3. The molecule has 3 fully saturated rings. The topological polar surface area (TPSA) is 125 Å². The second-order valence-electron chi connectivity index (χ2n) is 14.4. The number of para-hydroxylation sites is 1.